The standard InChI is InChI=1S/C12H15F3N2O/c1-16-7-11(18)17(2)8-9-3-5-10(6-4-9)12(13,14)15/h3-6,16H,7-8H2,1-2H3. The molecule has 0 saturated heterocycles. The van der Waals surface area contributed by atoms with E-state index in [0.29, 0.717) is 12.1 Å². The van der Waals surface area contributed by atoms with Crippen LogP contribution in [0.25, 0.3) is 0 Å². The van der Waals surface area contributed by atoms with E-state index in [1.807, 2.05) is 0 Å². The first-order valence-corrected chi connectivity index (χ1v) is 5.39. The maximum absolute atomic E-state index is 12.3. The van der Waals surface area contributed by atoms with Gasteiger partial charge in [0.05, 0.1) is 12.1 Å². The minimum Gasteiger partial charge on any atom is -0.340 e. The fourth-order valence-electron chi connectivity index (χ4n) is 1.45. The Hall–Kier alpha value is -1.56. The molecule has 0 aliphatic carbocycles. The lowest BCUT2D eigenvalue weighted by Crippen LogP contribution is -2.33. The number of alkyl halides is 3. The number of amides is 1. The summed E-state index contributed by atoms with van der Waals surface area (Å²) >= 11 is 0. The van der Waals surface area contributed by atoms with E-state index in [-0.39, 0.29) is 12.5 Å². The SMILES string of the molecule is CNCC(=O)N(C)Cc1ccc(C(F)(F)F)cc1. The first kappa shape index (κ1) is 14.5. The highest BCUT2D eigenvalue weighted by molar-refractivity contribution is 5.77. The summed E-state index contributed by atoms with van der Waals surface area (Å²) in [5.41, 5.74) is -0.0228. The van der Waals surface area contributed by atoms with Crippen molar-refractivity contribution in [2.24, 2.45) is 0 Å². The monoisotopic (exact) mass is 260 g/mol. The number of nitrogens with zero attached hydrogens (tertiary/aromatic N) is 1. The fraction of sp³-hybridized carbons (Fsp3) is 0.417. The number of rotatable bonds is 4. The molecule has 0 aliphatic heterocycles. The summed E-state index contributed by atoms with van der Waals surface area (Å²) in [6.45, 7) is 0.496. The summed E-state index contributed by atoms with van der Waals surface area (Å²) in [5.74, 6) is -0.114. The molecule has 1 aromatic carbocycles. The molecular weight excluding hydrogens is 245 g/mol. The smallest absolute Gasteiger partial charge is 0.340 e. The van der Waals surface area contributed by atoms with E-state index in [9.17, 15) is 18.0 Å². The topological polar surface area (TPSA) is 32.3 Å². The Labute approximate surface area is 104 Å². The highest BCUT2D eigenvalue weighted by atomic mass is 19.4. The van der Waals surface area contributed by atoms with Crippen molar-refractivity contribution in [2.45, 2.75) is 12.7 Å². The Kier molecular flexibility index (Phi) is 4.72. The van der Waals surface area contributed by atoms with Crippen molar-refractivity contribution in [1.29, 1.82) is 0 Å². The van der Waals surface area contributed by atoms with Gasteiger partial charge in [0.15, 0.2) is 0 Å². The van der Waals surface area contributed by atoms with E-state index in [1.54, 1.807) is 14.1 Å². The number of hydrogen-bond donors (Lipinski definition) is 1. The number of halogens is 3. The lowest BCUT2D eigenvalue weighted by Gasteiger charge is -2.17. The number of nitrogens with one attached hydrogen (secondary N) is 1. The van der Waals surface area contributed by atoms with Gasteiger partial charge >= 0.3 is 6.18 Å². The van der Waals surface area contributed by atoms with Crippen LogP contribution in [-0.4, -0.2) is 31.4 Å². The third-order valence-corrected chi connectivity index (χ3v) is 2.45. The minimum atomic E-state index is -4.33. The number of hydrogen-bond acceptors (Lipinski definition) is 2. The van der Waals surface area contributed by atoms with Gasteiger partial charge in [-0.2, -0.15) is 13.2 Å². The summed E-state index contributed by atoms with van der Waals surface area (Å²) in [4.78, 5) is 12.9. The maximum Gasteiger partial charge on any atom is 0.416 e. The van der Waals surface area contributed by atoms with E-state index < -0.39 is 11.7 Å². The molecule has 1 aromatic rings. The predicted molar refractivity (Wildman–Crippen MR) is 61.8 cm³/mol. The summed E-state index contributed by atoms with van der Waals surface area (Å²) in [6.07, 6.45) is -4.33. The molecule has 0 fully saturated rings. The van der Waals surface area contributed by atoms with Crippen LogP contribution in [0.3, 0.4) is 0 Å². The lowest BCUT2D eigenvalue weighted by molar-refractivity contribution is -0.137. The number of carbonyl (C=O) groups is 1. The molecule has 0 aliphatic rings. The van der Waals surface area contributed by atoms with Crippen molar-refractivity contribution >= 4 is 5.91 Å². The number of carbonyl (C=O) groups excluding carboxylic acids is 1. The largest absolute Gasteiger partial charge is 0.416 e. The molecule has 0 spiro atoms. The Bertz CT molecular complexity index is 401. The number of benzene rings is 1. The molecule has 6 heteroatoms. The van der Waals surface area contributed by atoms with Gasteiger partial charge in [0.2, 0.25) is 5.91 Å². The van der Waals surface area contributed by atoms with Gasteiger partial charge in [0, 0.05) is 13.6 Å². The van der Waals surface area contributed by atoms with Crippen molar-refractivity contribution in [3.8, 4) is 0 Å². The molecule has 1 N–H and O–H groups in total. The summed E-state index contributed by atoms with van der Waals surface area (Å²) < 4.78 is 37.0. The van der Waals surface area contributed by atoms with Crippen molar-refractivity contribution in [1.82, 2.24) is 10.2 Å². The van der Waals surface area contributed by atoms with Crippen LogP contribution in [0.4, 0.5) is 13.2 Å². The number of likely N-dealkylation sites (N-methyl/N-ethyl adjacent to an activating group) is 2. The van der Waals surface area contributed by atoms with E-state index in [2.05, 4.69) is 5.32 Å². The second-order valence-electron chi connectivity index (χ2n) is 3.97. The first-order valence-electron chi connectivity index (χ1n) is 5.39. The van der Waals surface area contributed by atoms with Gasteiger partial charge < -0.3 is 10.2 Å². The fourth-order valence-corrected chi connectivity index (χ4v) is 1.45. The Balaban J connectivity index is 2.67. The highest BCUT2D eigenvalue weighted by Crippen LogP contribution is 2.29. The Morgan fingerprint density at radius 2 is 1.83 bits per heavy atom. The van der Waals surface area contributed by atoms with Crippen molar-refractivity contribution in [2.75, 3.05) is 20.6 Å². The van der Waals surface area contributed by atoms with Gasteiger partial charge in [-0.05, 0) is 24.7 Å². The summed E-state index contributed by atoms with van der Waals surface area (Å²) in [5, 5.41) is 2.72. The van der Waals surface area contributed by atoms with E-state index in [0.717, 1.165) is 12.1 Å². The Morgan fingerprint density at radius 3 is 2.28 bits per heavy atom. The molecule has 1 amide bonds. The molecule has 3 nitrogen and oxygen atoms in total. The van der Waals surface area contributed by atoms with Gasteiger partial charge in [-0.3, -0.25) is 4.79 Å². The van der Waals surface area contributed by atoms with Crippen LogP contribution in [0.1, 0.15) is 11.1 Å². The predicted octanol–water partition coefficient (Wildman–Crippen LogP) is 1.88. The maximum atomic E-state index is 12.3. The zero-order valence-electron chi connectivity index (χ0n) is 10.2. The van der Waals surface area contributed by atoms with Gasteiger partial charge in [-0.15, -0.1) is 0 Å². The molecule has 0 unspecified atom stereocenters. The third-order valence-electron chi connectivity index (χ3n) is 2.45. The van der Waals surface area contributed by atoms with E-state index in [4.69, 9.17) is 0 Å². The van der Waals surface area contributed by atoms with Crippen molar-refractivity contribution in [3.63, 3.8) is 0 Å². The molecule has 0 heterocycles. The third kappa shape index (κ3) is 4.03. The molecular formula is C12H15F3N2O. The zero-order chi connectivity index (χ0) is 13.8. The molecule has 1 rings (SSSR count). The minimum absolute atomic E-state index is 0.114. The van der Waals surface area contributed by atoms with Crippen LogP contribution < -0.4 is 5.32 Å². The molecule has 0 radical (unpaired) electrons. The summed E-state index contributed by atoms with van der Waals surface area (Å²) in [7, 11) is 3.27. The molecule has 0 atom stereocenters. The van der Waals surface area contributed by atoms with Gasteiger partial charge in [0.1, 0.15) is 0 Å². The van der Waals surface area contributed by atoms with Crippen LogP contribution in [-0.2, 0) is 17.5 Å². The summed E-state index contributed by atoms with van der Waals surface area (Å²) in [6, 6.07) is 4.80. The molecule has 0 aromatic heterocycles. The molecule has 0 saturated carbocycles. The second kappa shape index (κ2) is 5.86. The second-order valence-corrected chi connectivity index (χ2v) is 3.97. The lowest BCUT2D eigenvalue weighted by atomic mass is 10.1. The average Bonchev–Trinajstić information content (AvgIpc) is 2.28. The van der Waals surface area contributed by atoms with Crippen molar-refractivity contribution < 1.29 is 18.0 Å². The highest BCUT2D eigenvalue weighted by Gasteiger charge is 2.29. The Morgan fingerprint density at radius 1 is 1.28 bits per heavy atom. The van der Waals surface area contributed by atoms with Crippen LogP contribution in [0.5, 0.6) is 0 Å². The molecule has 100 valence electrons. The van der Waals surface area contributed by atoms with Gasteiger partial charge in [0.25, 0.3) is 0 Å². The van der Waals surface area contributed by atoms with E-state index in [1.165, 1.54) is 17.0 Å². The van der Waals surface area contributed by atoms with Crippen LogP contribution >= 0.6 is 0 Å². The molecule has 18 heavy (non-hydrogen) atoms. The average molecular weight is 260 g/mol. The normalized spacial score (nSPS) is 11.4. The van der Waals surface area contributed by atoms with Gasteiger partial charge in [-0.1, -0.05) is 12.1 Å². The van der Waals surface area contributed by atoms with Crippen LogP contribution in [0.2, 0.25) is 0 Å². The zero-order valence-corrected chi connectivity index (χ0v) is 10.2. The first-order chi connectivity index (χ1) is 8.34. The van der Waals surface area contributed by atoms with Gasteiger partial charge in [-0.25, -0.2) is 0 Å². The molecule has 0 bridgehead atoms. The van der Waals surface area contributed by atoms with Crippen molar-refractivity contribution in [3.05, 3.63) is 35.4 Å². The van der Waals surface area contributed by atoms with Crippen LogP contribution in [0, 0.1) is 0 Å². The quantitative estimate of drug-likeness (QED) is 0.896. The van der Waals surface area contributed by atoms with E-state index >= 15 is 0 Å². The van der Waals surface area contributed by atoms with Crippen LogP contribution in [0.15, 0.2) is 24.3 Å².